The normalized spacial score (nSPS) is 23.9. The van der Waals surface area contributed by atoms with E-state index in [-0.39, 0.29) is 5.91 Å². The predicted octanol–water partition coefficient (Wildman–Crippen LogP) is 3.30. The number of amides is 1. The third-order valence-electron chi connectivity index (χ3n) is 2.61. The average molecular weight is 310 g/mol. The Hall–Kier alpha value is -0.980. The van der Waals surface area contributed by atoms with E-state index in [1.165, 1.54) is 11.8 Å². The highest BCUT2D eigenvalue weighted by atomic mass is 32.2. The summed E-state index contributed by atoms with van der Waals surface area (Å²) in [6.45, 7) is 2.55. The lowest BCUT2D eigenvalue weighted by Gasteiger charge is -2.09. The van der Waals surface area contributed by atoms with Gasteiger partial charge in [-0.2, -0.15) is 0 Å². The molecule has 100 valence electrons. The minimum absolute atomic E-state index is 0.00355. The van der Waals surface area contributed by atoms with Gasteiger partial charge >= 0.3 is 0 Å². The molecular formula is C13H14N2OS3. The van der Waals surface area contributed by atoms with E-state index >= 15 is 0 Å². The number of allylic oxidation sites excluding steroid dienone is 4. The molecular weight excluding hydrogens is 296 g/mol. The van der Waals surface area contributed by atoms with E-state index in [0.29, 0.717) is 15.8 Å². The van der Waals surface area contributed by atoms with Gasteiger partial charge in [0.25, 0.3) is 5.91 Å². The first kappa shape index (κ1) is 14.4. The lowest BCUT2D eigenvalue weighted by atomic mass is 10.4. The average Bonchev–Trinajstić information content (AvgIpc) is 2.90. The Balaban J connectivity index is 2.00. The maximum atomic E-state index is 11.9. The molecule has 0 aromatic rings. The Morgan fingerprint density at radius 3 is 2.68 bits per heavy atom. The van der Waals surface area contributed by atoms with Crippen molar-refractivity contribution in [2.45, 2.75) is 6.92 Å². The summed E-state index contributed by atoms with van der Waals surface area (Å²) >= 11 is 8.18. The number of thiocarbonyl (C=S) groups is 1. The summed E-state index contributed by atoms with van der Waals surface area (Å²) in [6.07, 6.45) is 9.66. The Morgan fingerprint density at radius 2 is 2.11 bits per heavy atom. The van der Waals surface area contributed by atoms with E-state index in [2.05, 4.69) is 0 Å². The molecule has 0 N–H and O–H groups in total. The highest BCUT2D eigenvalue weighted by Crippen LogP contribution is 2.30. The second-order valence-electron chi connectivity index (χ2n) is 3.85. The second-order valence-corrected chi connectivity index (χ2v) is 6.45. The number of hydrogen-bond acceptors (Lipinski definition) is 5. The fourth-order valence-electron chi connectivity index (χ4n) is 1.57. The highest BCUT2D eigenvalue weighted by Gasteiger charge is 2.29. The van der Waals surface area contributed by atoms with Gasteiger partial charge in [0, 0.05) is 19.8 Å². The van der Waals surface area contributed by atoms with E-state index in [4.69, 9.17) is 12.2 Å². The van der Waals surface area contributed by atoms with Gasteiger partial charge in [0.2, 0.25) is 0 Å². The lowest BCUT2D eigenvalue weighted by Crippen LogP contribution is -2.27. The summed E-state index contributed by atoms with van der Waals surface area (Å²) in [5.41, 5.74) is 0. The van der Waals surface area contributed by atoms with Crippen LogP contribution in [0.3, 0.4) is 0 Å². The van der Waals surface area contributed by atoms with Crippen LogP contribution < -0.4 is 0 Å². The number of carbonyl (C=O) groups excluding carboxylic acids is 1. The molecule has 6 heteroatoms. The molecule has 0 bridgehead atoms. The van der Waals surface area contributed by atoms with Gasteiger partial charge in [-0.1, -0.05) is 47.9 Å². The number of rotatable bonds is 3. The fraction of sp³-hybridized carbons (Fsp3) is 0.231. The summed E-state index contributed by atoms with van der Waals surface area (Å²) < 4.78 is 0.640. The first-order chi connectivity index (χ1) is 9.13. The van der Waals surface area contributed by atoms with Crippen LogP contribution in [0.15, 0.2) is 45.8 Å². The second kappa shape index (κ2) is 6.45. The number of likely N-dealkylation sites (N-methyl/N-ethyl adjacent to an activating group) is 1. The van der Waals surface area contributed by atoms with Gasteiger partial charge in [0.05, 0.1) is 9.93 Å². The molecule has 2 heterocycles. The van der Waals surface area contributed by atoms with Gasteiger partial charge in [-0.3, -0.25) is 9.69 Å². The summed E-state index contributed by atoms with van der Waals surface area (Å²) in [7, 11) is 2.00. The zero-order valence-corrected chi connectivity index (χ0v) is 13.1. The highest BCUT2D eigenvalue weighted by molar-refractivity contribution is 8.26. The molecule has 0 aromatic carbocycles. The summed E-state index contributed by atoms with van der Waals surface area (Å²) in [5.74, 6) is 0.00355. The van der Waals surface area contributed by atoms with Crippen molar-refractivity contribution in [1.29, 1.82) is 0 Å². The van der Waals surface area contributed by atoms with Gasteiger partial charge in [-0.25, -0.2) is 0 Å². The van der Waals surface area contributed by atoms with Crippen LogP contribution in [0.4, 0.5) is 0 Å². The first-order valence-corrected chi connectivity index (χ1v) is 7.92. The van der Waals surface area contributed by atoms with E-state index in [1.807, 2.05) is 54.8 Å². The number of carbonyl (C=O) groups is 1. The zero-order chi connectivity index (χ0) is 13.8. The van der Waals surface area contributed by atoms with Crippen molar-refractivity contribution in [3.63, 3.8) is 0 Å². The smallest absolute Gasteiger partial charge is 0.266 e. The van der Waals surface area contributed by atoms with Crippen molar-refractivity contribution in [2.24, 2.45) is 0 Å². The van der Waals surface area contributed by atoms with Crippen molar-refractivity contribution in [2.75, 3.05) is 13.6 Å². The Kier molecular flexibility index (Phi) is 4.90. The van der Waals surface area contributed by atoms with E-state index < -0.39 is 0 Å². The molecule has 0 aromatic heterocycles. The van der Waals surface area contributed by atoms with Crippen LogP contribution in [-0.2, 0) is 4.79 Å². The SMILES string of the molecule is CCN1C(=O)C(=CC=CC=C2SC=CN2C)SC1=S. The molecule has 2 rings (SSSR count). The molecule has 0 atom stereocenters. The summed E-state index contributed by atoms with van der Waals surface area (Å²) in [6, 6.07) is 0. The Bertz CT molecular complexity index is 520. The lowest BCUT2D eigenvalue weighted by molar-refractivity contribution is -0.122. The maximum absolute atomic E-state index is 11.9. The predicted molar refractivity (Wildman–Crippen MR) is 87.4 cm³/mol. The standard InChI is InChI=1S/C13H14N2OS3/c1-3-15-12(16)10(19-13(15)17)6-4-5-7-11-14(2)8-9-18-11/h4-9H,3H2,1-2H3. The molecule has 0 spiro atoms. The minimum Gasteiger partial charge on any atom is -0.345 e. The molecule has 0 aliphatic carbocycles. The van der Waals surface area contributed by atoms with Crippen LogP contribution in [0.5, 0.6) is 0 Å². The van der Waals surface area contributed by atoms with Crippen molar-refractivity contribution < 1.29 is 4.79 Å². The van der Waals surface area contributed by atoms with Crippen molar-refractivity contribution in [1.82, 2.24) is 9.80 Å². The molecule has 3 nitrogen and oxygen atoms in total. The molecule has 1 fully saturated rings. The van der Waals surface area contributed by atoms with Gasteiger partial charge < -0.3 is 4.90 Å². The van der Waals surface area contributed by atoms with E-state index in [0.717, 1.165) is 5.03 Å². The number of nitrogens with zero attached hydrogens (tertiary/aromatic N) is 2. The Morgan fingerprint density at radius 1 is 1.37 bits per heavy atom. The molecule has 1 amide bonds. The van der Waals surface area contributed by atoms with Crippen LogP contribution >= 0.6 is 35.7 Å². The minimum atomic E-state index is 0.00355. The van der Waals surface area contributed by atoms with Crippen LogP contribution in [-0.4, -0.2) is 33.6 Å². The number of thioether (sulfide) groups is 2. The van der Waals surface area contributed by atoms with Crippen LogP contribution in [0, 0.1) is 0 Å². The van der Waals surface area contributed by atoms with E-state index in [1.54, 1.807) is 16.7 Å². The third kappa shape index (κ3) is 3.32. The first-order valence-electron chi connectivity index (χ1n) is 5.82. The molecule has 0 unspecified atom stereocenters. The monoisotopic (exact) mass is 310 g/mol. The topological polar surface area (TPSA) is 23.6 Å². The largest absolute Gasteiger partial charge is 0.345 e. The zero-order valence-electron chi connectivity index (χ0n) is 10.7. The quantitative estimate of drug-likeness (QED) is 0.588. The van der Waals surface area contributed by atoms with Crippen molar-refractivity contribution >= 4 is 46.0 Å². The molecule has 1 saturated heterocycles. The van der Waals surface area contributed by atoms with Gasteiger partial charge in [0.1, 0.15) is 4.32 Å². The summed E-state index contributed by atoms with van der Waals surface area (Å²) in [5, 5.41) is 3.19. The third-order valence-corrected chi connectivity index (χ3v) is 4.93. The molecule has 0 saturated carbocycles. The van der Waals surface area contributed by atoms with Crippen LogP contribution in [0.25, 0.3) is 0 Å². The van der Waals surface area contributed by atoms with Gasteiger partial charge in [-0.05, 0) is 24.5 Å². The maximum Gasteiger partial charge on any atom is 0.266 e. The molecule has 0 radical (unpaired) electrons. The van der Waals surface area contributed by atoms with Gasteiger partial charge in [-0.15, -0.1) is 0 Å². The van der Waals surface area contributed by atoms with Crippen LogP contribution in [0.2, 0.25) is 0 Å². The fourth-order valence-corrected chi connectivity index (χ4v) is 3.68. The number of hydrogen-bond donors (Lipinski definition) is 0. The van der Waals surface area contributed by atoms with Crippen molar-refractivity contribution in [3.05, 3.63) is 45.8 Å². The molecule has 2 aliphatic heterocycles. The van der Waals surface area contributed by atoms with Crippen molar-refractivity contribution in [3.8, 4) is 0 Å². The summed E-state index contributed by atoms with van der Waals surface area (Å²) in [4.78, 5) is 16.3. The van der Waals surface area contributed by atoms with Crippen LogP contribution in [0.1, 0.15) is 6.92 Å². The molecule has 19 heavy (non-hydrogen) atoms. The van der Waals surface area contributed by atoms with E-state index in [9.17, 15) is 4.79 Å². The Labute approximate surface area is 127 Å². The molecule has 2 aliphatic rings. The van der Waals surface area contributed by atoms with Gasteiger partial charge in [0.15, 0.2) is 0 Å².